The minimum atomic E-state index is 0.507. The molecule has 1 fully saturated rings. The summed E-state index contributed by atoms with van der Waals surface area (Å²) in [7, 11) is 4.28. The van der Waals surface area contributed by atoms with Crippen LogP contribution in [0.3, 0.4) is 0 Å². The molecule has 2 rings (SSSR count). The molecule has 100 valence electrons. The molecule has 0 radical (unpaired) electrons. The number of halogens is 2. The molecule has 4 heteroatoms. The Labute approximate surface area is 119 Å². The highest BCUT2D eigenvalue weighted by atomic mass is 35.5. The van der Waals surface area contributed by atoms with Gasteiger partial charge in [-0.1, -0.05) is 30.7 Å². The SMILES string of the molecule is CC1CN(c2c(Cl)cccc2CCl)CC1N(C)C. The van der Waals surface area contributed by atoms with E-state index in [0.717, 1.165) is 29.4 Å². The van der Waals surface area contributed by atoms with Gasteiger partial charge in [-0.05, 0) is 31.6 Å². The van der Waals surface area contributed by atoms with E-state index in [1.54, 1.807) is 0 Å². The number of likely N-dealkylation sites (N-methyl/N-ethyl adjacent to an activating group) is 1. The molecule has 1 saturated heterocycles. The summed E-state index contributed by atoms with van der Waals surface area (Å²) in [4.78, 5) is 4.66. The lowest BCUT2D eigenvalue weighted by molar-refractivity contribution is 0.266. The van der Waals surface area contributed by atoms with Gasteiger partial charge in [0.25, 0.3) is 0 Å². The summed E-state index contributed by atoms with van der Waals surface area (Å²) in [6.07, 6.45) is 0. The lowest BCUT2D eigenvalue weighted by Crippen LogP contribution is -2.34. The number of alkyl halides is 1. The number of rotatable bonds is 3. The van der Waals surface area contributed by atoms with E-state index >= 15 is 0 Å². The van der Waals surface area contributed by atoms with Crippen molar-refractivity contribution in [3.8, 4) is 0 Å². The van der Waals surface area contributed by atoms with Crippen molar-refractivity contribution in [2.45, 2.75) is 18.8 Å². The predicted octanol–water partition coefficient (Wildman–Crippen LogP) is 3.47. The normalized spacial score (nSPS) is 24.0. The second kappa shape index (κ2) is 5.68. The molecule has 0 aliphatic carbocycles. The van der Waals surface area contributed by atoms with Crippen molar-refractivity contribution in [1.82, 2.24) is 4.90 Å². The number of benzene rings is 1. The van der Waals surface area contributed by atoms with Gasteiger partial charge in [0.05, 0.1) is 10.7 Å². The molecular formula is C14H20Cl2N2. The third-order valence-corrected chi connectivity index (χ3v) is 4.36. The van der Waals surface area contributed by atoms with Gasteiger partial charge in [0, 0.05) is 25.0 Å². The van der Waals surface area contributed by atoms with Crippen molar-refractivity contribution in [3.63, 3.8) is 0 Å². The van der Waals surface area contributed by atoms with Crippen LogP contribution in [0.5, 0.6) is 0 Å². The van der Waals surface area contributed by atoms with Crippen LogP contribution in [-0.2, 0) is 5.88 Å². The maximum Gasteiger partial charge on any atom is 0.0642 e. The molecule has 1 aliphatic heterocycles. The first-order valence-electron chi connectivity index (χ1n) is 6.29. The number of hydrogen-bond donors (Lipinski definition) is 0. The quantitative estimate of drug-likeness (QED) is 0.785. The summed E-state index contributed by atoms with van der Waals surface area (Å²) in [6.45, 7) is 4.35. The zero-order valence-electron chi connectivity index (χ0n) is 11.2. The van der Waals surface area contributed by atoms with Crippen molar-refractivity contribution in [2.24, 2.45) is 5.92 Å². The van der Waals surface area contributed by atoms with Gasteiger partial charge in [-0.3, -0.25) is 0 Å². The standard InChI is InChI=1S/C14H20Cl2N2/c1-10-8-18(9-13(10)17(2)3)14-11(7-15)5-4-6-12(14)16/h4-6,10,13H,7-9H2,1-3H3. The zero-order valence-corrected chi connectivity index (χ0v) is 12.7. The highest BCUT2D eigenvalue weighted by Gasteiger charge is 2.32. The minimum absolute atomic E-state index is 0.507. The van der Waals surface area contributed by atoms with Crippen LogP contribution in [0.2, 0.25) is 5.02 Å². The van der Waals surface area contributed by atoms with Crippen LogP contribution < -0.4 is 4.90 Å². The second-order valence-corrected chi connectivity index (χ2v) is 5.97. The van der Waals surface area contributed by atoms with Crippen molar-refractivity contribution in [1.29, 1.82) is 0 Å². The third kappa shape index (κ3) is 2.61. The molecule has 18 heavy (non-hydrogen) atoms. The van der Waals surface area contributed by atoms with E-state index in [4.69, 9.17) is 23.2 Å². The Morgan fingerprint density at radius 3 is 2.61 bits per heavy atom. The van der Waals surface area contributed by atoms with Gasteiger partial charge in [-0.15, -0.1) is 11.6 Å². The van der Waals surface area contributed by atoms with Crippen LogP contribution in [-0.4, -0.2) is 38.1 Å². The number of hydrogen-bond acceptors (Lipinski definition) is 2. The molecule has 2 nitrogen and oxygen atoms in total. The Morgan fingerprint density at radius 2 is 2.06 bits per heavy atom. The Kier molecular flexibility index (Phi) is 4.41. The summed E-state index contributed by atoms with van der Waals surface area (Å²) >= 11 is 12.4. The molecule has 0 aromatic heterocycles. The molecule has 1 aliphatic rings. The van der Waals surface area contributed by atoms with Crippen LogP contribution in [0.25, 0.3) is 0 Å². The van der Waals surface area contributed by atoms with E-state index in [-0.39, 0.29) is 0 Å². The maximum atomic E-state index is 6.35. The number of nitrogens with zero attached hydrogens (tertiary/aromatic N) is 2. The highest BCUT2D eigenvalue weighted by Crippen LogP contribution is 2.35. The van der Waals surface area contributed by atoms with Gasteiger partial charge >= 0.3 is 0 Å². The van der Waals surface area contributed by atoms with E-state index in [2.05, 4.69) is 36.9 Å². The summed E-state index contributed by atoms with van der Waals surface area (Å²) in [5, 5.41) is 0.805. The molecule has 1 heterocycles. The van der Waals surface area contributed by atoms with Crippen LogP contribution >= 0.6 is 23.2 Å². The zero-order chi connectivity index (χ0) is 13.3. The van der Waals surface area contributed by atoms with Crippen molar-refractivity contribution in [2.75, 3.05) is 32.1 Å². The Morgan fingerprint density at radius 1 is 1.33 bits per heavy atom. The van der Waals surface area contributed by atoms with Gasteiger partial charge in [0.2, 0.25) is 0 Å². The van der Waals surface area contributed by atoms with Crippen LogP contribution in [0.15, 0.2) is 18.2 Å². The molecule has 1 aromatic rings. The summed E-state index contributed by atoms with van der Waals surface area (Å²) in [6, 6.07) is 6.54. The smallest absolute Gasteiger partial charge is 0.0642 e. The monoisotopic (exact) mass is 286 g/mol. The molecule has 0 bridgehead atoms. The van der Waals surface area contributed by atoms with E-state index in [0.29, 0.717) is 17.8 Å². The van der Waals surface area contributed by atoms with Crippen LogP contribution in [0.4, 0.5) is 5.69 Å². The van der Waals surface area contributed by atoms with E-state index in [1.165, 1.54) is 0 Å². The van der Waals surface area contributed by atoms with E-state index < -0.39 is 0 Å². The van der Waals surface area contributed by atoms with E-state index in [1.807, 2.05) is 12.1 Å². The first-order valence-corrected chi connectivity index (χ1v) is 7.20. The molecular weight excluding hydrogens is 267 g/mol. The fourth-order valence-electron chi connectivity index (χ4n) is 2.83. The second-order valence-electron chi connectivity index (χ2n) is 5.29. The van der Waals surface area contributed by atoms with E-state index in [9.17, 15) is 0 Å². The topological polar surface area (TPSA) is 6.48 Å². The number of para-hydroxylation sites is 1. The average Bonchev–Trinajstić information content (AvgIpc) is 2.70. The molecule has 0 saturated carbocycles. The highest BCUT2D eigenvalue weighted by molar-refractivity contribution is 6.33. The molecule has 1 aromatic carbocycles. The summed E-state index contributed by atoms with van der Waals surface area (Å²) < 4.78 is 0. The van der Waals surface area contributed by atoms with Crippen molar-refractivity contribution < 1.29 is 0 Å². The molecule has 0 amide bonds. The first kappa shape index (κ1) is 14.0. The first-order chi connectivity index (χ1) is 8.54. The van der Waals surface area contributed by atoms with Gasteiger partial charge in [0.1, 0.15) is 0 Å². The summed E-state index contributed by atoms with van der Waals surface area (Å²) in [5.41, 5.74) is 2.24. The van der Waals surface area contributed by atoms with Crippen LogP contribution in [0.1, 0.15) is 12.5 Å². The minimum Gasteiger partial charge on any atom is -0.368 e. The Bertz CT molecular complexity index is 420. The predicted molar refractivity (Wildman–Crippen MR) is 79.9 cm³/mol. The molecule has 0 N–H and O–H groups in total. The van der Waals surface area contributed by atoms with Gasteiger partial charge < -0.3 is 9.80 Å². The lowest BCUT2D eigenvalue weighted by Gasteiger charge is -2.24. The molecule has 0 spiro atoms. The van der Waals surface area contributed by atoms with Crippen molar-refractivity contribution >= 4 is 28.9 Å². The van der Waals surface area contributed by atoms with Gasteiger partial charge in [-0.2, -0.15) is 0 Å². The van der Waals surface area contributed by atoms with Gasteiger partial charge in [-0.25, -0.2) is 0 Å². The summed E-state index contributed by atoms with van der Waals surface area (Å²) in [5.74, 6) is 1.15. The molecule has 2 atom stereocenters. The molecule has 2 unspecified atom stereocenters. The Hall–Kier alpha value is -0.440. The lowest BCUT2D eigenvalue weighted by atomic mass is 10.1. The third-order valence-electron chi connectivity index (χ3n) is 3.77. The van der Waals surface area contributed by atoms with Crippen LogP contribution in [0, 0.1) is 5.92 Å². The Balaban J connectivity index is 2.29. The van der Waals surface area contributed by atoms with Crippen molar-refractivity contribution in [3.05, 3.63) is 28.8 Å². The fraction of sp³-hybridized carbons (Fsp3) is 0.571. The maximum absolute atomic E-state index is 6.35. The average molecular weight is 287 g/mol. The van der Waals surface area contributed by atoms with Gasteiger partial charge in [0.15, 0.2) is 0 Å². The number of anilines is 1. The largest absolute Gasteiger partial charge is 0.368 e. The fourth-order valence-corrected chi connectivity index (χ4v) is 3.36.